The van der Waals surface area contributed by atoms with Gasteiger partial charge in [0.05, 0.1) is 17.6 Å². The highest BCUT2D eigenvalue weighted by Crippen LogP contribution is 2.67. The van der Waals surface area contributed by atoms with Crippen molar-refractivity contribution in [2.24, 2.45) is 0 Å². The topological polar surface area (TPSA) is 30.4 Å². The second-order valence-corrected chi connectivity index (χ2v) is 8.30. The van der Waals surface area contributed by atoms with Crippen molar-refractivity contribution in [3.8, 4) is 5.69 Å². The van der Waals surface area contributed by atoms with Crippen LogP contribution in [0.15, 0.2) is 60.3 Å². The van der Waals surface area contributed by atoms with E-state index >= 15 is 0 Å². The van der Waals surface area contributed by atoms with Gasteiger partial charge in [-0.15, -0.1) is 0 Å². The zero-order valence-electron chi connectivity index (χ0n) is 15.9. The van der Waals surface area contributed by atoms with E-state index in [0.29, 0.717) is 6.42 Å². The summed E-state index contributed by atoms with van der Waals surface area (Å²) >= 11 is 0. The third-order valence-electron chi connectivity index (χ3n) is 6.84. The number of rotatable bonds is 4. The average Bonchev–Trinajstić information content (AvgIpc) is 3.01. The molecule has 146 valence electrons. The lowest BCUT2D eigenvalue weighted by atomic mass is 9.81. The van der Waals surface area contributed by atoms with Crippen LogP contribution in [-0.2, 0) is 17.6 Å². The van der Waals surface area contributed by atoms with Gasteiger partial charge in [0, 0.05) is 12.0 Å². The lowest BCUT2D eigenvalue weighted by molar-refractivity contribution is 0.234. The van der Waals surface area contributed by atoms with E-state index in [0.717, 1.165) is 48.2 Å². The van der Waals surface area contributed by atoms with E-state index in [-0.39, 0.29) is 22.8 Å². The zero-order chi connectivity index (χ0) is 19.6. The van der Waals surface area contributed by atoms with E-state index in [4.69, 9.17) is 4.74 Å². The summed E-state index contributed by atoms with van der Waals surface area (Å²) in [6.45, 7) is 0. The fraction of sp³-hybridized carbons (Fsp3) is 0.292. The number of fused-ring (bicyclic) bond motifs is 1. The minimum Gasteiger partial charge on any atom is -0.357 e. The van der Waals surface area contributed by atoms with Crippen LogP contribution in [0, 0.1) is 11.6 Å². The van der Waals surface area contributed by atoms with Gasteiger partial charge in [0.1, 0.15) is 22.8 Å². The van der Waals surface area contributed by atoms with Gasteiger partial charge in [-0.1, -0.05) is 18.2 Å². The summed E-state index contributed by atoms with van der Waals surface area (Å²) in [5.41, 5.74) is 4.68. The van der Waals surface area contributed by atoms with Crippen molar-refractivity contribution in [3.63, 3.8) is 0 Å². The van der Waals surface area contributed by atoms with E-state index < -0.39 is 0 Å². The molecule has 0 N–H and O–H groups in total. The second kappa shape index (κ2) is 5.86. The molecule has 5 heteroatoms. The van der Waals surface area contributed by atoms with Crippen LogP contribution in [0.3, 0.4) is 0 Å². The van der Waals surface area contributed by atoms with Crippen LogP contribution in [0.1, 0.15) is 36.1 Å². The Balaban J connectivity index is 1.29. The van der Waals surface area contributed by atoms with Crippen LogP contribution in [0.25, 0.3) is 11.8 Å². The van der Waals surface area contributed by atoms with Crippen molar-refractivity contribution < 1.29 is 13.5 Å². The molecule has 29 heavy (non-hydrogen) atoms. The number of epoxide rings is 1. The van der Waals surface area contributed by atoms with Crippen LogP contribution in [-0.4, -0.2) is 21.0 Å². The molecule has 6 rings (SSSR count). The zero-order valence-corrected chi connectivity index (χ0v) is 15.9. The predicted molar refractivity (Wildman–Crippen MR) is 106 cm³/mol. The van der Waals surface area contributed by atoms with Crippen molar-refractivity contribution in [3.05, 3.63) is 88.8 Å². The van der Waals surface area contributed by atoms with Crippen LogP contribution < -0.4 is 0 Å². The van der Waals surface area contributed by atoms with E-state index in [1.165, 1.54) is 23.8 Å². The SMILES string of the molecule is Fc1ccc(-n2ncc3c2C=C2CC[C@]4(CCc5ccccc5F)O[C@]24C3)cc1. The van der Waals surface area contributed by atoms with Gasteiger partial charge >= 0.3 is 0 Å². The molecule has 3 nitrogen and oxygen atoms in total. The van der Waals surface area contributed by atoms with Gasteiger partial charge in [0.2, 0.25) is 0 Å². The van der Waals surface area contributed by atoms with Gasteiger partial charge in [-0.05, 0) is 73.2 Å². The molecule has 1 aromatic heterocycles. The van der Waals surface area contributed by atoms with Crippen LogP contribution in [0.5, 0.6) is 0 Å². The molecule has 0 bridgehead atoms. The van der Waals surface area contributed by atoms with Gasteiger partial charge in [0.25, 0.3) is 0 Å². The third-order valence-corrected chi connectivity index (χ3v) is 6.84. The molecule has 1 aliphatic heterocycles. The number of aryl methyl sites for hydroxylation is 1. The Morgan fingerprint density at radius 3 is 2.72 bits per heavy atom. The molecule has 2 atom stereocenters. The molecule has 0 radical (unpaired) electrons. The first kappa shape index (κ1) is 17.1. The Kier molecular flexibility index (Phi) is 3.46. The normalized spacial score (nSPS) is 26.5. The highest BCUT2D eigenvalue weighted by atomic mass is 19.1. The summed E-state index contributed by atoms with van der Waals surface area (Å²) in [5, 5.41) is 4.55. The summed E-state index contributed by atoms with van der Waals surface area (Å²) in [5.74, 6) is -0.396. The van der Waals surface area contributed by atoms with E-state index in [1.807, 2.05) is 23.0 Å². The maximum Gasteiger partial charge on any atom is 0.126 e. The van der Waals surface area contributed by atoms with Crippen molar-refractivity contribution in [2.75, 3.05) is 0 Å². The summed E-state index contributed by atoms with van der Waals surface area (Å²) in [7, 11) is 0. The fourth-order valence-corrected chi connectivity index (χ4v) is 5.28. The Hall–Kier alpha value is -2.79. The highest BCUT2D eigenvalue weighted by molar-refractivity contribution is 5.66. The Labute approximate surface area is 167 Å². The average molecular weight is 390 g/mol. The fourth-order valence-electron chi connectivity index (χ4n) is 5.28. The molecule has 2 heterocycles. The number of ether oxygens (including phenoxy) is 1. The molecular formula is C24H20F2N2O. The molecule has 0 unspecified atom stereocenters. The van der Waals surface area contributed by atoms with E-state index in [1.54, 1.807) is 18.2 Å². The van der Waals surface area contributed by atoms with Crippen LogP contribution in [0.2, 0.25) is 0 Å². The predicted octanol–water partition coefficient (Wildman–Crippen LogP) is 5.02. The Morgan fingerprint density at radius 1 is 1.07 bits per heavy atom. The van der Waals surface area contributed by atoms with Crippen molar-refractivity contribution >= 4 is 6.08 Å². The van der Waals surface area contributed by atoms with Gasteiger partial charge in [0.15, 0.2) is 0 Å². The monoisotopic (exact) mass is 390 g/mol. The number of nitrogens with zero attached hydrogens (tertiary/aromatic N) is 2. The van der Waals surface area contributed by atoms with E-state index in [9.17, 15) is 8.78 Å². The summed E-state index contributed by atoms with van der Waals surface area (Å²) in [6, 6.07) is 13.4. The second-order valence-electron chi connectivity index (χ2n) is 8.30. The maximum absolute atomic E-state index is 14.0. The largest absolute Gasteiger partial charge is 0.357 e. The van der Waals surface area contributed by atoms with Gasteiger partial charge in [-0.3, -0.25) is 0 Å². The molecule has 1 spiro atoms. The smallest absolute Gasteiger partial charge is 0.126 e. The first-order chi connectivity index (χ1) is 14.1. The summed E-state index contributed by atoms with van der Waals surface area (Å²) < 4.78 is 35.6. The molecule has 1 saturated carbocycles. The van der Waals surface area contributed by atoms with Crippen LogP contribution in [0.4, 0.5) is 8.78 Å². The number of hydrogen-bond acceptors (Lipinski definition) is 2. The van der Waals surface area contributed by atoms with Gasteiger partial charge in [-0.2, -0.15) is 5.10 Å². The lowest BCUT2D eigenvalue weighted by Crippen LogP contribution is -2.27. The molecule has 0 amide bonds. The van der Waals surface area contributed by atoms with Crippen molar-refractivity contribution in [2.45, 2.75) is 43.3 Å². The van der Waals surface area contributed by atoms with Crippen molar-refractivity contribution in [1.82, 2.24) is 9.78 Å². The number of aromatic nitrogens is 2. The maximum atomic E-state index is 14.0. The first-order valence-corrected chi connectivity index (χ1v) is 10.1. The molecule has 2 aliphatic carbocycles. The first-order valence-electron chi connectivity index (χ1n) is 10.1. The minimum atomic E-state index is -0.256. The number of hydrogen-bond donors (Lipinski definition) is 0. The summed E-state index contributed by atoms with van der Waals surface area (Å²) in [6.07, 6.45) is 8.37. The molecular weight excluding hydrogens is 370 g/mol. The Morgan fingerprint density at radius 2 is 1.90 bits per heavy atom. The molecule has 2 fully saturated rings. The number of halogens is 2. The molecule has 3 aromatic rings. The molecule has 1 saturated heterocycles. The molecule has 2 aromatic carbocycles. The quantitative estimate of drug-likeness (QED) is 0.586. The third kappa shape index (κ3) is 2.40. The lowest BCUT2D eigenvalue weighted by Gasteiger charge is -2.20. The highest BCUT2D eigenvalue weighted by Gasteiger charge is 2.74. The molecule has 3 aliphatic rings. The standard InChI is InChI=1S/C24H20F2N2O/c25-19-5-7-20(8-6-19)28-22-13-18-10-12-23(11-9-16-3-1-2-4-21(16)26)24(18,29-23)14-17(22)15-27-28/h1-8,13,15H,9-12,14H2/t23-,24+/m0/s1. The van der Waals surface area contributed by atoms with E-state index in [2.05, 4.69) is 11.2 Å². The van der Waals surface area contributed by atoms with Crippen LogP contribution >= 0.6 is 0 Å². The Bertz CT molecular complexity index is 1150. The summed E-state index contributed by atoms with van der Waals surface area (Å²) in [4.78, 5) is 0. The minimum absolute atomic E-state index is 0.140. The van der Waals surface area contributed by atoms with Gasteiger partial charge in [-0.25, -0.2) is 13.5 Å². The number of benzene rings is 2. The van der Waals surface area contributed by atoms with Gasteiger partial charge < -0.3 is 4.74 Å². The van der Waals surface area contributed by atoms with Crippen molar-refractivity contribution in [1.29, 1.82) is 0 Å².